The van der Waals surface area contributed by atoms with Crippen LogP contribution in [0.2, 0.25) is 0 Å². The molecule has 0 bridgehead atoms. The number of carbonyl (C=O) groups excluding carboxylic acids is 1. The lowest BCUT2D eigenvalue weighted by Crippen LogP contribution is -2.39. The second kappa shape index (κ2) is 12.1. The van der Waals surface area contributed by atoms with Gasteiger partial charge in [-0.15, -0.1) is 24.0 Å². The van der Waals surface area contributed by atoms with Gasteiger partial charge in [-0.3, -0.25) is 14.8 Å². The normalized spacial score (nSPS) is 10.9. The lowest BCUT2D eigenvalue weighted by molar-refractivity contribution is 0.0963. The summed E-state index contributed by atoms with van der Waals surface area (Å²) in [6, 6.07) is 18.0. The molecule has 30 heavy (non-hydrogen) atoms. The van der Waals surface area contributed by atoms with Crippen molar-refractivity contribution in [3.05, 3.63) is 77.5 Å². The fourth-order valence-corrected chi connectivity index (χ4v) is 3.24. The van der Waals surface area contributed by atoms with E-state index in [2.05, 4.69) is 50.2 Å². The summed E-state index contributed by atoms with van der Waals surface area (Å²) in [5.41, 5.74) is 4.06. The number of aromatic nitrogens is 1. The molecule has 0 spiro atoms. The van der Waals surface area contributed by atoms with E-state index in [9.17, 15) is 4.79 Å². The fourth-order valence-electron chi connectivity index (χ4n) is 3.24. The van der Waals surface area contributed by atoms with Gasteiger partial charge in [-0.1, -0.05) is 36.4 Å². The zero-order chi connectivity index (χ0) is 20.5. The summed E-state index contributed by atoms with van der Waals surface area (Å²) in [6.45, 7) is 1.49. The number of halogens is 1. The van der Waals surface area contributed by atoms with Gasteiger partial charge in [-0.05, 0) is 42.2 Å². The molecule has 6 nitrogen and oxygen atoms in total. The first-order valence-electron chi connectivity index (χ1n) is 9.79. The molecule has 0 unspecified atom stereocenters. The highest BCUT2D eigenvalue weighted by atomic mass is 127. The SMILES string of the molecule is CN=C(NCCc1cccc(C(=O)NC)c1)NCCc1cccc2cccnc12.I. The van der Waals surface area contributed by atoms with Gasteiger partial charge in [-0.2, -0.15) is 0 Å². The summed E-state index contributed by atoms with van der Waals surface area (Å²) in [5.74, 6) is 0.695. The van der Waals surface area contributed by atoms with Gasteiger partial charge >= 0.3 is 0 Å². The van der Waals surface area contributed by atoms with Crippen molar-refractivity contribution in [3.63, 3.8) is 0 Å². The Labute approximate surface area is 194 Å². The molecule has 3 rings (SSSR count). The number of pyridine rings is 1. The van der Waals surface area contributed by atoms with E-state index in [-0.39, 0.29) is 29.9 Å². The predicted octanol–water partition coefficient (Wildman–Crippen LogP) is 3.16. The number of amides is 1. The Kier molecular flexibility index (Phi) is 9.53. The first-order chi connectivity index (χ1) is 14.2. The standard InChI is InChI=1S/C23H27N5O.HI/c1-24-22(29)20-9-3-6-17(16-20)11-14-27-23(25-2)28-15-12-19-8-4-7-18-10-5-13-26-21(18)19;/h3-10,13,16H,11-12,14-15H2,1-2H3,(H,24,29)(H2,25,27,28);1H. The molecule has 7 heteroatoms. The molecule has 0 aliphatic heterocycles. The van der Waals surface area contributed by atoms with Gasteiger partial charge in [0.05, 0.1) is 5.52 Å². The van der Waals surface area contributed by atoms with Crippen molar-refractivity contribution in [1.82, 2.24) is 20.9 Å². The van der Waals surface area contributed by atoms with Crippen LogP contribution in [0, 0.1) is 0 Å². The zero-order valence-electron chi connectivity index (χ0n) is 17.3. The molecule has 2 aromatic carbocycles. The molecule has 0 aliphatic rings. The van der Waals surface area contributed by atoms with E-state index in [1.807, 2.05) is 36.5 Å². The van der Waals surface area contributed by atoms with Gasteiger partial charge in [0.2, 0.25) is 0 Å². The van der Waals surface area contributed by atoms with Crippen LogP contribution in [0.15, 0.2) is 65.8 Å². The van der Waals surface area contributed by atoms with Crippen molar-refractivity contribution >= 4 is 46.7 Å². The Morgan fingerprint density at radius 1 is 1.00 bits per heavy atom. The minimum atomic E-state index is -0.0692. The largest absolute Gasteiger partial charge is 0.356 e. The van der Waals surface area contributed by atoms with Crippen LogP contribution < -0.4 is 16.0 Å². The van der Waals surface area contributed by atoms with Crippen molar-refractivity contribution in [2.45, 2.75) is 12.8 Å². The molecule has 0 atom stereocenters. The third-order valence-corrected chi connectivity index (χ3v) is 4.75. The van der Waals surface area contributed by atoms with Gasteiger partial charge in [0, 0.05) is 44.3 Å². The third-order valence-electron chi connectivity index (χ3n) is 4.75. The van der Waals surface area contributed by atoms with Gasteiger partial charge in [0.1, 0.15) is 0 Å². The number of aliphatic imine (C=N–C) groups is 1. The average molecular weight is 517 g/mol. The second-order valence-corrected chi connectivity index (χ2v) is 6.70. The smallest absolute Gasteiger partial charge is 0.251 e. The maximum Gasteiger partial charge on any atom is 0.251 e. The monoisotopic (exact) mass is 517 g/mol. The average Bonchev–Trinajstić information content (AvgIpc) is 2.77. The number of carbonyl (C=O) groups is 1. The topological polar surface area (TPSA) is 78.4 Å². The van der Waals surface area contributed by atoms with Gasteiger partial charge < -0.3 is 16.0 Å². The van der Waals surface area contributed by atoms with Crippen LogP contribution in [0.5, 0.6) is 0 Å². The number of hydrogen-bond donors (Lipinski definition) is 3. The molecule has 3 N–H and O–H groups in total. The van der Waals surface area contributed by atoms with Gasteiger partial charge in [-0.25, -0.2) is 0 Å². The number of guanidine groups is 1. The minimum absolute atomic E-state index is 0. The lowest BCUT2D eigenvalue weighted by Gasteiger charge is -2.13. The van der Waals surface area contributed by atoms with E-state index in [1.54, 1.807) is 14.1 Å². The molecule has 0 radical (unpaired) electrons. The van der Waals surface area contributed by atoms with E-state index in [4.69, 9.17) is 0 Å². The summed E-state index contributed by atoms with van der Waals surface area (Å²) >= 11 is 0. The zero-order valence-corrected chi connectivity index (χ0v) is 19.6. The van der Waals surface area contributed by atoms with Gasteiger partial charge in [0.25, 0.3) is 5.91 Å². The maximum atomic E-state index is 11.8. The Bertz CT molecular complexity index is 1000. The van der Waals surface area contributed by atoms with Crippen molar-refractivity contribution in [2.24, 2.45) is 4.99 Å². The van der Waals surface area contributed by atoms with E-state index in [0.29, 0.717) is 5.56 Å². The summed E-state index contributed by atoms with van der Waals surface area (Å²) in [5, 5.41) is 10.5. The molecule has 0 saturated heterocycles. The van der Waals surface area contributed by atoms with E-state index in [1.165, 1.54) is 5.56 Å². The molecule has 0 saturated carbocycles. The van der Waals surface area contributed by atoms with Crippen LogP contribution in [-0.2, 0) is 12.8 Å². The number of fused-ring (bicyclic) bond motifs is 1. The fraction of sp³-hybridized carbons (Fsp3) is 0.261. The molecule has 1 aromatic heterocycles. The molecule has 0 fully saturated rings. The van der Waals surface area contributed by atoms with Gasteiger partial charge in [0.15, 0.2) is 5.96 Å². The minimum Gasteiger partial charge on any atom is -0.356 e. The number of rotatable bonds is 7. The van der Waals surface area contributed by atoms with Crippen LogP contribution in [0.25, 0.3) is 10.9 Å². The van der Waals surface area contributed by atoms with Crippen molar-refractivity contribution in [2.75, 3.05) is 27.2 Å². The van der Waals surface area contributed by atoms with E-state index in [0.717, 1.165) is 48.4 Å². The molecular weight excluding hydrogens is 489 g/mol. The van der Waals surface area contributed by atoms with Crippen molar-refractivity contribution in [1.29, 1.82) is 0 Å². The Hall–Kier alpha value is -2.68. The molecule has 158 valence electrons. The summed E-state index contributed by atoms with van der Waals surface area (Å²) < 4.78 is 0. The molecule has 0 aliphatic carbocycles. The highest BCUT2D eigenvalue weighted by Crippen LogP contribution is 2.15. The first-order valence-corrected chi connectivity index (χ1v) is 9.79. The van der Waals surface area contributed by atoms with Crippen LogP contribution >= 0.6 is 24.0 Å². The molecular formula is C23H28IN5O. The number of hydrogen-bond acceptors (Lipinski definition) is 3. The number of nitrogens with one attached hydrogen (secondary N) is 3. The Balaban J connectivity index is 0.00000320. The predicted molar refractivity (Wildman–Crippen MR) is 134 cm³/mol. The lowest BCUT2D eigenvalue weighted by atomic mass is 10.1. The first kappa shape index (κ1) is 23.6. The maximum absolute atomic E-state index is 11.8. The Morgan fingerprint density at radius 3 is 2.50 bits per heavy atom. The van der Waals surface area contributed by atoms with E-state index < -0.39 is 0 Å². The number of nitrogens with zero attached hydrogens (tertiary/aromatic N) is 2. The summed E-state index contributed by atoms with van der Waals surface area (Å²) in [4.78, 5) is 20.5. The highest BCUT2D eigenvalue weighted by molar-refractivity contribution is 14.0. The van der Waals surface area contributed by atoms with Crippen LogP contribution in [-0.4, -0.2) is 44.0 Å². The second-order valence-electron chi connectivity index (χ2n) is 6.70. The molecule has 1 heterocycles. The molecule has 1 amide bonds. The number of para-hydroxylation sites is 1. The summed E-state index contributed by atoms with van der Waals surface area (Å²) in [6.07, 6.45) is 3.50. The van der Waals surface area contributed by atoms with Crippen LogP contribution in [0.4, 0.5) is 0 Å². The van der Waals surface area contributed by atoms with Crippen LogP contribution in [0.1, 0.15) is 21.5 Å². The number of benzene rings is 2. The molecule has 3 aromatic rings. The highest BCUT2D eigenvalue weighted by Gasteiger charge is 2.05. The van der Waals surface area contributed by atoms with Crippen LogP contribution in [0.3, 0.4) is 0 Å². The van der Waals surface area contributed by atoms with Crippen molar-refractivity contribution in [3.8, 4) is 0 Å². The Morgan fingerprint density at radius 2 is 1.73 bits per heavy atom. The third kappa shape index (κ3) is 6.41. The van der Waals surface area contributed by atoms with E-state index >= 15 is 0 Å². The summed E-state index contributed by atoms with van der Waals surface area (Å²) in [7, 11) is 3.40. The quantitative estimate of drug-likeness (QED) is 0.256. The van der Waals surface area contributed by atoms with Crippen molar-refractivity contribution < 1.29 is 4.79 Å².